The Labute approximate surface area is 202 Å². The van der Waals surface area contributed by atoms with Crippen LogP contribution in [0.1, 0.15) is 79.6 Å². The minimum Gasteiger partial charge on any atom is -0.411 e. The zero-order valence-corrected chi connectivity index (χ0v) is 21.2. The number of aliphatic hydroxyl groups excluding tert-OH is 3. The summed E-state index contributed by atoms with van der Waals surface area (Å²) in [6, 6.07) is 0. The molecule has 7 nitrogen and oxygen atoms in total. The second-order valence-electron chi connectivity index (χ2n) is 12.8. The number of oxime groups is 1. The van der Waals surface area contributed by atoms with Gasteiger partial charge >= 0.3 is 0 Å². The summed E-state index contributed by atoms with van der Waals surface area (Å²) in [7, 11) is 0. The highest BCUT2D eigenvalue weighted by molar-refractivity contribution is 5.99. The van der Waals surface area contributed by atoms with Crippen molar-refractivity contribution in [3.05, 3.63) is 23.3 Å². The zero-order chi connectivity index (χ0) is 25.3. The molecule has 6 N–H and O–H groups in total. The summed E-state index contributed by atoms with van der Waals surface area (Å²) in [5, 5.41) is 66.9. The smallest absolute Gasteiger partial charge is 0.0916 e. The monoisotopic (exact) mass is 477 g/mol. The van der Waals surface area contributed by atoms with Gasteiger partial charge < -0.3 is 30.7 Å². The summed E-state index contributed by atoms with van der Waals surface area (Å²) < 4.78 is 0. The molecule has 0 bridgehead atoms. The van der Waals surface area contributed by atoms with E-state index in [4.69, 9.17) is 0 Å². The molecule has 9 unspecified atom stereocenters. The topological polar surface area (TPSA) is 134 Å². The lowest BCUT2D eigenvalue weighted by atomic mass is 9.47. The minimum atomic E-state index is -1.33. The normalized spacial score (nSPS) is 43.8. The van der Waals surface area contributed by atoms with Crippen molar-refractivity contribution < 1.29 is 30.7 Å². The van der Waals surface area contributed by atoms with Gasteiger partial charge in [-0.1, -0.05) is 25.1 Å². The average molecular weight is 478 g/mol. The number of aliphatic hydroxyl groups is 5. The van der Waals surface area contributed by atoms with E-state index in [0.717, 1.165) is 24.0 Å². The lowest BCUT2D eigenvalue weighted by molar-refractivity contribution is -0.134. The second-order valence-corrected chi connectivity index (χ2v) is 12.8. The molecule has 0 amide bonds. The van der Waals surface area contributed by atoms with Crippen LogP contribution < -0.4 is 0 Å². The lowest BCUT2D eigenvalue weighted by Gasteiger charge is -2.57. The fourth-order valence-electron chi connectivity index (χ4n) is 7.82. The number of hydrogen-bond acceptors (Lipinski definition) is 7. The first-order chi connectivity index (χ1) is 15.6. The number of hydrogen-bond donors (Lipinski definition) is 6. The first-order valence-electron chi connectivity index (χ1n) is 12.8. The van der Waals surface area contributed by atoms with E-state index in [1.807, 2.05) is 6.08 Å². The number of rotatable bonds is 5. The molecule has 0 aromatic carbocycles. The van der Waals surface area contributed by atoms with Gasteiger partial charge in [0, 0.05) is 11.8 Å². The Bertz CT molecular complexity index is 901. The van der Waals surface area contributed by atoms with E-state index in [-0.39, 0.29) is 28.6 Å². The fraction of sp³-hybridized carbons (Fsp3) is 0.815. The first-order valence-corrected chi connectivity index (χ1v) is 12.8. The second kappa shape index (κ2) is 8.41. The van der Waals surface area contributed by atoms with Crippen LogP contribution in [0.25, 0.3) is 0 Å². The summed E-state index contributed by atoms with van der Waals surface area (Å²) >= 11 is 0. The Morgan fingerprint density at radius 2 is 1.79 bits per heavy atom. The molecule has 4 aliphatic carbocycles. The van der Waals surface area contributed by atoms with Gasteiger partial charge in [-0.15, -0.1) is 0 Å². The van der Waals surface area contributed by atoms with Crippen LogP contribution >= 0.6 is 0 Å². The highest BCUT2D eigenvalue weighted by atomic mass is 16.4. The maximum Gasteiger partial charge on any atom is 0.0916 e. The summed E-state index contributed by atoms with van der Waals surface area (Å²) in [6.45, 7) is 9.43. The Morgan fingerprint density at radius 1 is 1.12 bits per heavy atom. The molecule has 34 heavy (non-hydrogen) atoms. The van der Waals surface area contributed by atoms with Crippen molar-refractivity contribution in [2.45, 2.75) is 109 Å². The number of nitrogens with zero attached hydrogens (tertiary/aromatic N) is 1. The van der Waals surface area contributed by atoms with E-state index in [9.17, 15) is 30.7 Å². The Balaban J connectivity index is 1.65. The van der Waals surface area contributed by atoms with Gasteiger partial charge in [0.2, 0.25) is 0 Å². The average Bonchev–Trinajstić information content (AvgIpc) is 3.10. The maximum atomic E-state index is 11.6. The molecule has 0 heterocycles. The lowest BCUT2D eigenvalue weighted by Crippen LogP contribution is -2.56. The zero-order valence-electron chi connectivity index (χ0n) is 21.2. The molecule has 2 saturated carbocycles. The Morgan fingerprint density at radius 3 is 2.41 bits per heavy atom. The minimum absolute atomic E-state index is 0.126. The third kappa shape index (κ3) is 3.97. The molecule has 0 aliphatic heterocycles. The van der Waals surface area contributed by atoms with Crippen molar-refractivity contribution >= 4 is 5.71 Å². The molecule has 9 atom stereocenters. The SMILES string of the molecule is CC(C)(O)CCC(O)C(C)(O)C1CC=C2C3=CC(=NO)C4CC(O)C(O)CC4(C)C3CCC21C. The molecular weight excluding hydrogens is 434 g/mol. The van der Waals surface area contributed by atoms with Crippen molar-refractivity contribution in [3.8, 4) is 0 Å². The van der Waals surface area contributed by atoms with Crippen LogP contribution in [-0.2, 0) is 0 Å². The van der Waals surface area contributed by atoms with Crippen LogP contribution in [0.3, 0.4) is 0 Å². The Kier molecular flexibility index (Phi) is 6.39. The molecule has 7 heteroatoms. The standard InChI is InChI=1S/C27H43NO6/c1-24(2,32)10-9-23(31)27(5,33)22-7-6-16-15-12-19(28-34)18-13-20(29)21(30)14-26(18,4)17(15)8-11-25(16,22)3/h6,12,17-18,20-23,29-34H,7-11,13-14H2,1-5H3. The molecule has 0 saturated heterocycles. The van der Waals surface area contributed by atoms with Gasteiger partial charge in [-0.05, 0) is 99.7 Å². The molecule has 192 valence electrons. The van der Waals surface area contributed by atoms with Crippen LogP contribution in [0, 0.1) is 28.6 Å². The van der Waals surface area contributed by atoms with E-state index >= 15 is 0 Å². The van der Waals surface area contributed by atoms with Crippen LogP contribution in [0.5, 0.6) is 0 Å². The molecular formula is C27H43NO6. The van der Waals surface area contributed by atoms with Gasteiger partial charge in [0.05, 0.1) is 35.2 Å². The highest BCUT2D eigenvalue weighted by Crippen LogP contribution is 2.65. The van der Waals surface area contributed by atoms with Crippen molar-refractivity contribution in [1.82, 2.24) is 0 Å². The van der Waals surface area contributed by atoms with Gasteiger partial charge in [-0.3, -0.25) is 0 Å². The predicted octanol–water partition coefficient (Wildman–Crippen LogP) is 2.92. The van der Waals surface area contributed by atoms with E-state index in [0.29, 0.717) is 37.8 Å². The molecule has 0 aromatic heterocycles. The summed E-state index contributed by atoms with van der Waals surface area (Å²) in [4.78, 5) is 0. The molecule has 4 rings (SSSR count). The van der Waals surface area contributed by atoms with Gasteiger partial charge in [0.15, 0.2) is 0 Å². The molecule has 2 fully saturated rings. The molecule has 0 aromatic rings. The van der Waals surface area contributed by atoms with Crippen molar-refractivity contribution in [3.63, 3.8) is 0 Å². The quantitative estimate of drug-likeness (QED) is 0.266. The van der Waals surface area contributed by atoms with E-state index in [1.54, 1.807) is 20.8 Å². The highest BCUT2D eigenvalue weighted by Gasteiger charge is 2.60. The predicted molar refractivity (Wildman–Crippen MR) is 129 cm³/mol. The van der Waals surface area contributed by atoms with E-state index in [2.05, 4.69) is 25.1 Å². The number of allylic oxidation sites excluding steroid dienone is 4. The van der Waals surface area contributed by atoms with Crippen molar-refractivity contribution in [2.75, 3.05) is 0 Å². The summed E-state index contributed by atoms with van der Waals surface area (Å²) in [6.07, 6.45) is 5.41. The third-order valence-electron chi connectivity index (χ3n) is 9.93. The molecule has 0 radical (unpaired) electrons. The van der Waals surface area contributed by atoms with E-state index in [1.165, 1.54) is 0 Å². The fourth-order valence-corrected chi connectivity index (χ4v) is 7.82. The molecule has 4 aliphatic rings. The summed E-state index contributed by atoms with van der Waals surface area (Å²) in [5.41, 5.74) is -0.123. The largest absolute Gasteiger partial charge is 0.411 e. The van der Waals surface area contributed by atoms with Crippen molar-refractivity contribution in [1.29, 1.82) is 0 Å². The van der Waals surface area contributed by atoms with Gasteiger partial charge in [-0.2, -0.15) is 0 Å². The Hall–Kier alpha value is -1.25. The first kappa shape index (κ1) is 25.8. The third-order valence-corrected chi connectivity index (χ3v) is 9.93. The van der Waals surface area contributed by atoms with Crippen LogP contribution in [0.4, 0.5) is 0 Å². The van der Waals surface area contributed by atoms with Gasteiger partial charge in [0.25, 0.3) is 0 Å². The summed E-state index contributed by atoms with van der Waals surface area (Å²) in [5.74, 6) is -0.153. The van der Waals surface area contributed by atoms with Crippen LogP contribution in [0.2, 0.25) is 0 Å². The van der Waals surface area contributed by atoms with Crippen molar-refractivity contribution in [2.24, 2.45) is 33.7 Å². The van der Waals surface area contributed by atoms with E-state index < -0.39 is 29.5 Å². The van der Waals surface area contributed by atoms with Gasteiger partial charge in [-0.25, -0.2) is 0 Å². The van der Waals surface area contributed by atoms with Crippen LogP contribution in [0.15, 0.2) is 28.5 Å². The van der Waals surface area contributed by atoms with Crippen LogP contribution in [-0.4, -0.2) is 66.0 Å². The molecule has 0 spiro atoms. The van der Waals surface area contributed by atoms with Gasteiger partial charge in [0.1, 0.15) is 0 Å². The maximum absolute atomic E-state index is 11.6. The number of fused-ring (bicyclic) bond motifs is 5.